The first-order chi connectivity index (χ1) is 9.90. The third-order valence-electron chi connectivity index (χ3n) is 4.93. The molecular formula is C18H27NO2. The normalized spacial score (nSPS) is 25.9. The highest BCUT2D eigenvalue weighted by atomic mass is 16.4. The lowest BCUT2D eigenvalue weighted by Gasteiger charge is -2.38. The van der Waals surface area contributed by atoms with E-state index in [1.807, 2.05) is 19.1 Å². The van der Waals surface area contributed by atoms with Crippen LogP contribution in [0.3, 0.4) is 0 Å². The van der Waals surface area contributed by atoms with E-state index in [1.54, 1.807) is 6.07 Å². The van der Waals surface area contributed by atoms with Gasteiger partial charge >= 0.3 is 5.97 Å². The minimum atomic E-state index is -0.853. The lowest BCUT2D eigenvalue weighted by atomic mass is 9.74. The van der Waals surface area contributed by atoms with Crippen LogP contribution in [-0.2, 0) is 0 Å². The van der Waals surface area contributed by atoms with E-state index < -0.39 is 5.97 Å². The number of aromatic carboxylic acids is 1. The fourth-order valence-electron chi connectivity index (χ4n) is 3.59. The van der Waals surface area contributed by atoms with Crippen LogP contribution in [0.25, 0.3) is 0 Å². The van der Waals surface area contributed by atoms with E-state index in [0.717, 1.165) is 17.2 Å². The first-order valence-corrected chi connectivity index (χ1v) is 7.99. The molecule has 1 fully saturated rings. The second kappa shape index (κ2) is 6.50. The van der Waals surface area contributed by atoms with Crippen LogP contribution in [0.4, 0.5) is 5.69 Å². The van der Waals surface area contributed by atoms with Gasteiger partial charge in [-0.2, -0.15) is 0 Å². The van der Waals surface area contributed by atoms with Crippen LogP contribution in [0.2, 0.25) is 0 Å². The summed E-state index contributed by atoms with van der Waals surface area (Å²) in [5.74, 6) is 1.20. The number of hydrogen-bond donors (Lipinski definition) is 2. The van der Waals surface area contributed by atoms with Gasteiger partial charge in [0.05, 0.1) is 5.56 Å². The second-order valence-electron chi connectivity index (χ2n) is 6.86. The second-order valence-corrected chi connectivity index (χ2v) is 6.86. The van der Waals surface area contributed by atoms with Gasteiger partial charge in [-0.05, 0) is 55.2 Å². The number of carboxylic acid groups (broad SMARTS) is 1. The van der Waals surface area contributed by atoms with Crippen molar-refractivity contribution in [2.24, 2.45) is 17.8 Å². The van der Waals surface area contributed by atoms with E-state index >= 15 is 0 Å². The summed E-state index contributed by atoms with van der Waals surface area (Å²) in [6, 6.07) is 5.94. The van der Waals surface area contributed by atoms with Crippen LogP contribution in [-0.4, -0.2) is 17.1 Å². The average Bonchev–Trinajstić information content (AvgIpc) is 2.40. The molecule has 2 N–H and O–H groups in total. The van der Waals surface area contributed by atoms with Gasteiger partial charge in [0, 0.05) is 11.7 Å². The van der Waals surface area contributed by atoms with Crippen LogP contribution < -0.4 is 5.32 Å². The number of benzene rings is 1. The molecule has 0 radical (unpaired) electrons. The van der Waals surface area contributed by atoms with Gasteiger partial charge in [0.15, 0.2) is 0 Å². The van der Waals surface area contributed by atoms with Gasteiger partial charge in [0.1, 0.15) is 0 Å². The molecule has 0 spiro atoms. The Hall–Kier alpha value is -1.51. The monoisotopic (exact) mass is 289 g/mol. The van der Waals surface area contributed by atoms with Gasteiger partial charge in [-0.25, -0.2) is 4.79 Å². The SMILES string of the molecule is Cc1c(NC2CC(C)CCC2C(C)C)cccc1C(=O)O. The third-order valence-corrected chi connectivity index (χ3v) is 4.93. The Balaban J connectivity index is 2.23. The summed E-state index contributed by atoms with van der Waals surface area (Å²) in [5.41, 5.74) is 2.20. The van der Waals surface area contributed by atoms with Crippen molar-refractivity contribution >= 4 is 11.7 Å². The minimum absolute atomic E-state index is 0.393. The average molecular weight is 289 g/mol. The third kappa shape index (κ3) is 3.58. The van der Waals surface area contributed by atoms with E-state index in [-0.39, 0.29) is 0 Å². The maximum absolute atomic E-state index is 11.3. The number of anilines is 1. The van der Waals surface area contributed by atoms with Crippen molar-refractivity contribution in [1.82, 2.24) is 0 Å². The van der Waals surface area contributed by atoms with Crippen LogP contribution in [0.5, 0.6) is 0 Å². The molecule has 3 heteroatoms. The first-order valence-electron chi connectivity index (χ1n) is 7.99. The Bertz CT molecular complexity index is 510. The number of rotatable bonds is 4. The molecular weight excluding hydrogens is 262 g/mol. The number of hydrogen-bond acceptors (Lipinski definition) is 2. The van der Waals surface area contributed by atoms with Gasteiger partial charge in [0.2, 0.25) is 0 Å². The van der Waals surface area contributed by atoms with Gasteiger partial charge in [-0.3, -0.25) is 0 Å². The quantitative estimate of drug-likeness (QED) is 0.854. The smallest absolute Gasteiger partial charge is 0.336 e. The highest BCUT2D eigenvalue weighted by molar-refractivity contribution is 5.91. The Morgan fingerprint density at radius 3 is 2.67 bits per heavy atom. The lowest BCUT2D eigenvalue weighted by molar-refractivity contribution is 0.0696. The highest BCUT2D eigenvalue weighted by Gasteiger charge is 2.31. The van der Waals surface area contributed by atoms with Crippen LogP contribution in [0, 0.1) is 24.7 Å². The molecule has 116 valence electrons. The highest BCUT2D eigenvalue weighted by Crippen LogP contribution is 2.36. The molecule has 3 atom stereocenters. The standard InChI is InChI=1S/C18H27NO2/c1-11(2)14-9-8-12(3)10-17(14)19-16-7-5-6-15(13(16)4)18(20)21/h5-7,11-12,14,17,19H,8-10H2,1-4H3,(H,20,21). The molecule has 1 saturated carbocycles. The van der Waals surface area contributed by atoms with Crippen molar-refractivity contribution < 1.29 is 9.90 Å². The summed E-state index contributed by atoms with van der Waals surface area (Å²) in [5, 5.41) is 12.9. The number of carbonyl (C=O) groups is 1. The predicted molar refractivity (Wildman–Crippen MR) is 86.9 cm³/mol. The van der Waals surface area contributed by atoms with Gasteiger partial charge in [-0.15, -0.1) is 0 Å². The zero-order valence-corrected chi connectivity index (χ0v) is 13.5. The molecule has 2 rings (SSSR count). The maximum Gasteiger partial charge on any atom is 0.336 e. The fraction of sp³-hybridized carbons (Fsp3) is 0.611. The topological polar surface area (TPSA) is 49.3 Å². The fourth-order valence-corrected chi connectivity index (χ4v) is 3.59. The molecule has 0 saturated heterocycles. The molecule has 1 aromatic rings. The van der Waals surface area contributed by atoms with E-state index in [2.05, 4.69) is 26.1 Å². The molecule has 1 aliphatic carbocycles. The van der Waals surface area contributed by atoms with Crippen molar-refractivity contribution in [3.05, 3.63) is 29.3 Å². The van der Waals surface area contributed by atoms with E-state index in [1.165, 1.54) is 19.3 Å². The Morgan fingerprint density at radius 1 is 1.33 bits per heavy atom. The summed E-state index contributed by atoms with van der Waals surface area (Å²) in [4.78, 5) is 11.3. The van der Waals surface area contributed by atoms with Crippen molar-refractivity contribution in [3.8, 4) is 0 Å². The molecule has 0 amide bonds. The van der Waals surface area contributed by atoms with E-state index in [0.29, 0.717) is 23.4 Å². The lowest BCUT2D eigenvalue weighted by Crippen LogP contribution is -2.38. The van der Waals surface area contributed by atoms with Gasteiger partial charge < -0.3 is 10.4 Å². The summed E-state index contributed by atoms with van der Waals surface area (Å²) < 4.78 is 0. The molecule has 0 aromatic heterocycles. The van der Waals surface area contributed by atoms with Crippen molar-refractivity contribution in [3.63, 3.8) is 0 Å². The van der Waals surface area contributed by atoms with Gasteiger partial charge in [-0.1, -0.05) is 33.3 Å². The van der Waals surface area contributed by atoms with E-state index in [9.17, 15) is 9.90 Å². The number of nitrogens with one attached hydrogen (secondary N) is 1. The molecule has 0 aliphatic heterocycles. The predicted octanol–water partition coefficient (Wildman–Crippen LogP) is 4.57. The van der Waals surface area contributed by atoms with Crippen LogP contribution in [0.1, 0.15) is 56.0 Å². The van der Waals surface area contributed by atoms with E-state index in [4.69, 9.17) is 0 Å². The van der Waals surface area contributed by atoms with Crippen LogP contribution in [0.15, 0.2) is 18.2 Å². The zero-order chi connectivity index (χ0) is 15.6. The molecule has 3 unspecified atom stereocenters. The molecule has 21 heavy (non-hydrogen) atoms. The minimum Gasteiger partial charge on any atom is -0.478 e. The summed E-state index contributed by atoms with van der Waals surface area (Å²) in [7, 11) is 0. The van der Waals surface area contributed by atoms with Gasteiger partial charge in [0.25, 0.3) is 0 Å². The summed E-state index contributed by atoms with van der Waals surface area (Å²) in [6.07, 6.45) is 3.73. The van der Waals surface area contributed by atoms with Crippen molar-refractivity contribution in [2.75, 3.05) is 5.32 Å². The molecule has 3 nitrogen and oxygen atoms in total. The van der Waals surface area contributed by atoms with Crippen molar-refractivity contribution in [1.29, 1.82) is 0 Å². The molecule has 1 aliphatic rings. The zero-order valence-electron chi connectivity index (χ0n) is 13.5. The first kappa shape index (κ1) is 15.9. The largest absolute Gasteiger partial charge is 0.478 e. The van der Waals surface area contributed by atoms with Crippen LogP contribution >= 0.6 is 0 Å². The Labute approximate surface area is 127 Å². The number of carboxylic acids is 1. The summed E-state index contributed by atoms with van der Waals surface area (Å²) >= 11 is 0. The summed E-state index contributed by atoms with van der Waals surface area (Å²) in [6.45, 7) is 8.78. The molecule has 0 bridgehead atoms. The molecule has 0 heterocycles. The van der Waals surface area contributed by atoms with Crippen molar-refractivity contribution in [2.45, 2.75) is 53.0 Å². The maximum atomic E-state index is 11.3. The Kier molecular flexibility index (Phi) is 4.92. The Morgan fingerprint density at radius 2 is 2.05 bits per heavy atom. The molecule has 1 aromatic carbocycles.